The quantitative estimate of drug-likeness (QED) is 0.109. The van der Waals surface area contributed by atoms with E-state index in [1.807, 2.05) is 19.0 Å². The highest BCUT2D eigenvalue weighted by atomic mass is 35.5. The Morgan fingerprint density at radius 2 is 1.64 bits per heavy atom. The lowest BCUT2D eigenvalue weighted by atomic mass is 9.97. The van der Waals surface area contributed by atoms with Crippen molar-refractivity contribution in [3.63, 3.8) is 0 Å². The summed E-state index contributed by atoms with van der Waals surface area (Å²) in [5.74, 6) is 1.09. The summed E-state index contributed by atoms with van der Waals surface area (Å²) in [6, 6.07) is 5.59. The van der Waals surface area contributed by atoms with Gasteiger partial charge in [0.2, 0.25) is 0 Å². The molecule has 1 aliphatic rings. The van der Waals surface area contributed by atoms with Gasteiger partial charge in [-0.2, -0.15) is 0 Å². The van der Waals surface area contributed by atoms with E-state index in [0.717, 1.165) is 40.9 Å². The van der Waals surface area contributed by atoms with Crippen LogP contribution in [-0.2, 0) is 0 Å². The summed E-state index contributed by atoms with van der Waals surface area (Å²) in [5, 5.41) is 29.4. The largest absolute Gasteiger partial charge is 0.380 e. The minimum Gasteiger partial charge on any atom is -0.371 e. The van der Waals surface area contributed by atoms with Gasteiger partial charge in [-0.3, -0.25) is 25.2 Å². The molecule has 2 aromatic rings. The zero-order valence-electron chi connectivity index (χ0n) is 24.9. The van der Waals surface area contributed by atoms with Crippen molar-refractivity contribution in [1.29, 1.82) is 0 Å². The fourth-order valence-corrected chi connectivity index (χ4v) is 6.72. The van der Waals surface area contributed by atoms with Gasteiger partial charge < -0.3 is 20.4 Å². The molecular weight excluding hydrogens is 618 g/mol. The summed E-state index contributed by atoms with van der Waals surface area (Å²) in [5.41, 5.74) is -0.673. The molecular formula is C27H44ClN7O4S3. The van der Waals surface area contributed by atoms with Gasteiger partial charge in [-0.25, -0.2) is 0 Å². The summed E-state index contributed by atoms with van der Waals surface area (Å²) < 4.78 is 0.998. The van der Waals surface area contributed by atoms with E-state index in [0.29, 0.717) is 18.3 Å². The molecule has 0 atom stereocenters. The number of pyridine rings is 1. The number of hydrogen-bond acceptors (Lipinski definition) is 11. The third-order valence-corrected chi connectivity index (χ3v) is 8.77. The van der Waals surface area contributed by atoms with Crippen LogP contribution in [0.1, 0.15) is 51.4 Å². The van der Waals surface area contributed by atoms with Crippen LogP contribution in [-0.4, -0.2) is 88.6 Å². The van der Waals surface area contributed by atoms with E-state index >= 15 is 0 Å². The van der Waals surface area contributed by atoms with Crippen molar-refractivity contribution in [2.75, 3.05) is 58.9 Å². The van der Waals surface area contributed by atoms with Gasteiger partial charge in [0.15, 0.2) is 5.00 Å². The van der Waals surface area contributed by atoms with Gasteiger partial charge in [0.1, 0.15) is 9.20 Å². The normalized spacial score (nSPS) is 13.8. The summed E-state index contributed by atoms with van der Waals surface area (Å²) in [4.78, 5) is 29.8. The highest BCUT2D eigenvalue weighted by Gasteiger charge is 2.37. The first-order chi connectivity index (χ1) is 19.6. The molecule has 1 saturated carbocycles. The van der Waals surface area contributed by atoms with E-state index in [1.54, 1.807) is 30.0 Å². The predicted octanol–water partition coefficient (Wildman–Crippen LogP) is 6.68. The summed E-state index contributed by atoms with van der Waals surface area (Å²) in [6.45, 7) is 2.39. The van der Waals surface area contributed by atoms with Crippen LogP contribution in [0.5, 0.6) is 0 Å². The van der Waals surface area contributed by atoms with E-state index in [4.69, 9.17) is 12.2 Å². The molecule has 0 amide bonds. The van der Waals surface area contributed by atoms with Crippen LogP contribution in [0.3, 0.4) is 0 Å². The first-order valence-corrected chi connectivity index (χ1v) is 16.1. The summed E-state index contributed by atoms with van der Waals surface area (Å²) in [6.07, 6.45) is 11.8. The van der Waals surface area contributed by atoms with Crippen molar-refractivity contribution in [3.8, 4) is 10.6 Å². The lowest BCUT2D eigenvalue weighted by Gasteiger charge is -2.22. The maximum Gasteiger partial charge on any atom is 0.380 e. The number of aromatic nitrogens is 1. The van der Waals surface area contributed by atoms with Gasteiger partial charge in [0, 0.05) is 31.1 Å². The summed E-state index contributed by atoms with van der Waals surface area (Å²) in [7, 11) is 8.06. The monoisotopic (exact) mass is 661 g/mol. The van der Waals surface area contributed by atoms with Gasteiger partial charge in [-0.1, -0.05) is 62.2 Å². The molecule has 2 aromatic heterocycles. The molecule has 0 aromatic carbocycles. The zero-order valence-corrected chi connectivity index (χ0v) is 28.1. The standard InChI is InChI=1S/C14H17N5O4S.C13H26N2S2.ClH/c1-17(2)9-5-8-16-14-12(19(22)23)11(18(20)21)13(24-14)10-6-3-4-7-15-10;1-15(2)10-11-17-13(16)14-12-8-6-4-3-5-7-9-12;/h3-4,6-7,16H,5,8-9H2,1-2H3;12H,3-11H2,1-2H3,(H,14,16);1H. The Morgan fingerprint density at radius 3 is 2.19 bits per heavy atom. The average molecular weight is 662 g/mol. The number of thiocarbonyl (C=S) groups is 1. The Labute approximate surface area is 268 Å². The van der Waals surface area contributed by atoms with Gasteiger partial charge in [0.25, 0.3) is 0 Å². The molecule has 42 heavy (non-hydrogen) atoms. The fraction of sp³-hybridized carbons (Fsp3) is 0.630. The number of halogens is 1. The second-order valence-corrected chi connectivity index (χ2v) is 13.2. The van der Waals surface area contributed by atoms with Crippen LogP contribution >= 0.6 is 47.7 Å². The number of anilines is 1. The van der Waals surface area contributed by atoms with Crippen molar-refractivity contribution < 1.29 is 9.85 Å². The van der Waals surface area contributed by atoms with Crippen molar-refractivity contribution >= 4 is 68.4 Å². The molecule has 0 aliphatic heterocycles. The predicted molar refractivity (Wildman–Crippen MR) is 183 cm³/mol. The van der Waals surface area contributed by atoms with Crippen LogP contribution in [0, 0.1) is 20.2 Å². The van der Waals surface area contributed by atoms with Crippen LogP contribution < -0.4 is 10.6 Å². The number of thioether (sulfide) groups is 1. The number of rotatable bonds is 12. The third kappa shape index (κ3) is 13.9. The second-order valence-electron chi connectivity index (χ2n) is 10.4. The fourth-order valence-electron chi connectivity index (χ4n) is 4.27. The minimum absolute atomic E-state index is 0. The van der Waals surface area contributed by atoms with Gasteiger partial charge >= 0.3 is 11.4 Å². The molecule has 0 radical (unpaired) electrons. The van der Waals surface area contributed by atoms with Crippen LogP contribution in [0.4, 0.5) is 16.4 Å². The van der Waals surface area contributed by atoms with Gasteiger partial charge in [-0.15, -0.1) is 23.7 Å². The van der Waals surface area contributed by atoms with E-state index in [2.05, 4.69) is 34.6 Å². The number of nitrogens with one attached hydrogen (secondary N) is 2. The minimum atomic E-state index is -0.719. The van der Waals surface area contributed by atoms with Crippen molar-refractivity contribution in [2.24, 2.45) is 0 Å². The Hall–Kier alpha value is -2.10. The van der Waals surface area contributed by atoms with Crippen LogP contribution in [0.15, 0.2) is 24.4 Å². The topological polar surface area (TPSA) is 130 Å². The Balaban J connectivity index is 0.000000434. The lowest BCUT2D eigenvalue weighted by Crippen LogP contribution is -2.33. The van der Waals surface area contributed by atoms with E-state index in [1.165, 1.54) is 51.1 Å². The van der Waals surface area contributed by atoms with E-state index in [-0.39, 0.29) is 22.3 Å². The number of thiophene rings is 1. The number of nitro groups is 2. The van der Waals surface area contributed by atoms with Crippen molar-refractivity contribution in [2.45, 2.75) is 57.4 Å². The molecule has 0 bridgehead atoms. The molecule has 1 aliphatic carbocycles. The molecule has 0 saturated heterocycles. The van der Waals surface area contributed by atoms with Crippen molar-refractivity contribution in [1.82, 2.24) is 20.1 Å². The Kier molecular flexibility index (Phi) is 18.7. The summed E-state index contributed by atoms with van der Waals surface area (Å²) >= 11 is 8.17. The molecule has 236 valence electrons. The molecule has 11 nitrogen and oxygen atoms in total. The van der Waals surface area contributed by atoms with E-state index in [9.17, 15) is 20.2 Å². The molecule has 1 fully saturated rings. The molecule has 3 rings (SSSR count). The van der Waals surface area contributed by atoms with Gasteiger partial charge in [-0.05, 0) is 66.1 Å². The highest BCUT2D eigenvalue weighted by molar-refractivity contribution is 8.22. The molecule has 0 spiro atoms. The number of hydrogen-bond donors (Lipinski definition) is 2. The average Bonchev–Trinajstić information content (AvgIpc) is 3.29. The second kappa shape index (κ2) is 20.7. The smallest absolute Gasteiger partial charge is 0.371 e. The Morgan fingerprint density at radius 1 is 1.02 bits per heavy atom. The number of nitrogens with zero attached hydrogens (tertiary/aromatic N) is 5. The van der Waals surface area contributed by atoms with Crippen molar-refractivity contribution in [3.05, 3.63) is 44.6 Å². The van der Waals surface area contributed by atoms with Gasteiger partial charge in [0.05, 0.1) is 15.5 Å². The zero-order chi connectivity index (χ0) is 30.2. The van der Waals surface area contributed by atoms with Crippen LogP contribution in [0.25, 0.3) is 10.6 Å². The first kappa shape index (κ1) is 37.9. The maximum absolute atomic E-state index is 11.4. The lowest BCUT2D eigenvalue weighted by molar-refractivity contribution is -0.420. The van der Waals surface area contributed by atoms with E-state index < -0.39 is 21.2 Å². The SMILES string of the molecule is CN(C)CCCNc1sc(-c2ccccn2)c([N+](=O)[O-])c1[N+](=O)[O-].CN(C)CCSC(=S)NC1CCCCCCC1.Cl. The highest BCUT2D eigenvalue weighted by Crippen LogP contribution is 2.49. The molecule has 0 unspecified atom stereocenters. The maximum atomic E-state index is 11.4. The Bertz CT molecular complexity index is 1100. The third-order valence-electron chi connectivity index (χ3n) is 6.39. The molecule has 2 N–H and O–H groups in total. The first-order valence-electron chi connectivity index (χ1n) is 13.9. The molecule has 15 heteroatoms. The molecule has 2 heterocycles. The van der Waals surface area contributed by atoms with Crippen LogP contribution in [0.2, 0.25) is 0 Å².